The van der Waals surface area contributed by atoms with Gasteiger partial charge in [0.2, 0.25) is 0 Å². The predicted octanol–water partition coefficient (Wildman–Crippen LogP) is 1.78. The number of hydrogen-bond donors (Lipinski definition) is 1. The molecule has 13 heavy (non-hydrogen) atoms. The molecule has 0 aromatic carbocycles. The average molecular weight is 173 g/mol. The molecule has 1 radical (unpaired) electrons. The molecule has 1 aliphatic carbocycles. The highest BCUT2D eigenvalue weighted by molar-refractivity contribution is 5.65. The maximum atomic E-state index is 5.80. The van der Waals surface area contributed by atoms with Gasteiger partial charge in [0.25, 0.3) is 0 Å². The zero-order chi connectivity index (χ0) is 9.10. The highest BCUT2D eigenvalue weighted by Crippen LogP contribution is 2.24. The summed E-state index contributed by atoms with van der Waals surface area (Å²) in [6.45, 7) is 0. The molecular formula is C11H13N2. The Kier molecular flexibility index (Phi) is 2.41. The second-order valence-electron chi connectivity index (χ2n) is 3.43. The Hall–Kier alpha value is -1.15. The topological polar surface area (TPSA) is 38.9 Å². The zero-order valence-corrected chi connectivity index (χ0v) is 7.53. The zero-order valence-electron chi connectivity index (χ0n) is 7.53. The first-order valence-electron chi connectivity index (χ1n) is 4.64. The fraction of sp³-hybridized carbons (Fsp3) is 0.364. The highest BCUT2D eigenvalue weighted by atomic mass is 14.6. The summed E-state index contributed by atoms with van der Waals surface area (Å²) >= 11 is 0. The van der Waals surface area contributed by atoms with Crippen molar-refractivity contribution >= 4 is 5.57 Å². The van der Waals surface area contributed by atoms with Crippen molar-refractivity contribution in [3.63, 3.8) is 0 Å². The number of pyridine rings is 1. The first-order chi connectivity index (χ1) is 6.36. The number of allylic oxidation sites excluding steroid dienone is 1. The van der Waals surface area contributed by atoms with Crippen molar-refractivity contribution in [2.24, 2.45) is 5.73 Å². The van der Waals surface area contributed by atoms with Crippen LogP contribution in [0.4, 0.5) is 0 Å². The van der Waals surface area contributed by atoms with Crippen LogP contribution in [0.2, 0.25) is 0 Å². The third kappa shape index (κ3) is 1.95. The van der Waals surface area contributed by atoms with E-state index in [-0.39, 0.29) is 0 Å². The summed E-state index contributed by atoms with van der Waals surface area (Å²) in [6.07, 6.45) is 10.1. The molecule has 2 N–H and O–H groups in total. The van der Waals surface area contributed by atoms with Crippen molar-refractivity contribution in [1.29, 1.82) is 0 Å². The van der Waals surface area contributed by atoms with Crippen molar-refractivity contribution in [2.75, 3.05) is 0 Å². The molecule has 0 aliphatic heterocycles. The monoisotopic (exact) mass is 173 g/mol. The Morgan fingerprint density at radius 3 is 3.08 bits per heavy atom. The van der Waals surface area contributed by atoms with Gasteiger partial charge in [0.15, 0.2) is 0 Å². The van der Waals surface area contributed by atoms with E-state index >= 15 is 0 Å². The second-order valence-corrected chi connectivity index (χ2v) is 3.43. The van der Waals surface area contributed by atoms with Gasteiger partial charge >= 0.3 is 0 Å². The molecule has 0 amide bonds. The minimum atomic E-state index is 0.348. The third-order valence-corrected chi connectivity index (χ3v) is 2.41. The van der Waals surface area contributed by atoms with Crippen LogP contribution in [0.1, 0.15) is 24.8 Å². The number of rotatable bonds is 1. The maximum Gasteiger partial charge on any atom is 0.0967 e. The average Bonchev–Trinajstić information content (AvgIpc) is 2.20. The normalized spacial score (nSPS) is 22.5. The SMILES string of the molecule is NC1CC=C(c2[c]nccc2)CC1. The maximum absolute atomic E-state index is 5.80. The van der Waals surface area contributed by atoms with Crippen molar-refractivity contribution in [2.45, 2.75) is 25.3 Å². The molecule has 0 saturated heterocycles. The van der Waals surface area contributed by atoms with Crippen LogP contribution in [-0.4, -0.2) is 11.0 Å². The summed E-state index contributed by atoms with van der Waals surface area (Å²) in [7, 11) is 0. The van der Waals surface area contributed by atoms with Gasteiger partial charge in [-0.05, 0) is 30.9 Å². The molecule has 1 heterocycles. The highest BCUT2D eigenvalue weighted by Gasteiger charge is 2.11. The van der Waals surface area contributed by atoms with E-state index in [2.05, 4.69) is 23.3 Å². The van der Waals surface area contributed by atoms with Crippen molar-refractivity contribution in [3.8, 4) is 0 Å². The smallest absolute Gasteiger partial charge is 0.0967 e. The molecule has 1 aromatic rings. The second kappa shape index (κ2) is 3.71. The van der Waals surface area contributed by atoms with E-state index in [1.165, 1.54) is 5.57 Å². The van der Waals surface area contributed by atoms with Crippen LogP contribution in [0.3, 0.4) is 0 Å². The minimum absolute atomic E-state index is 0.348. The summed E-state index contributed by atoms with van der Waals surface area (Å²) in [4.78, 5) is 3.98. The van der Waals surface area contributed by atoms with Crippen molar-refractivity contribution in [3.05, 3.63) is 36.2 Å². The van der Waals surface area contributed by atoms with E-state index < -0.39 is 0 Å². The Morgan fingerprint density at radius 1 is 1.54 bits per heavy atom. The van der Waals surface area contributed by atoms with Gasteiger partial charge in [0, 0.05) is 17.8 Å². The Bertz CT molecular complexity index is 303. The lowest BCUT2D eigenvalue weighted by Crippen LogP contribution is -2.21. The number of hydrogen-bond acceptors (Lipinski definition) is 2. The lowest BCUT2D eigenvalue weighted by atomic mass is 9.92. The number of nitrogens with zero attached hydrogens (tertiary/aromatic N) is 1. The Balaban J connectivity index is 2.19. The molecule has 0 spiro atoms. The van der Waals surface area contributed by atoms with Gasteiger partial charge in [-0.15, -0.1) is 0 Å². The summed E-state index contributed by atoms with van der Waals surface area (Å²) in [5.41, 5.74) is 8.27. The van der Waals surface area contributed by atoms with E-state index in [1.807, 2.05) is 6.07 Å². The first-order valence-corrected chi connectivity index (χ1v) is 4.64. The van der Waals surface area contributed by atoms with Crippen LogP contribution in [-0.2, 0) is 0 Å². The summed E-state index contributed by atoms with van der Waals surface area (Å²) in [5, 5.41) is 0. The summed E-state index contributed by atoms with van der Waals surface area (Å²) in [5.74, 6) is 0. The van der Waals surface area contributed by atoms with Gasteiger partial charge in [0.05, 0.1) is 6.20 Å². The predicted molar refractivity (Wildman–Crippen MR) is 52.9 cm³/mol. The molecule has 67 valence electrons. The van der Waals surface area contributed by atoms with E-state index in [9.17, 15) is 0 Å². The quantitative estimate of drug-likeness (QED) is 0.703. The molecule has 1 atom stereocenters. The van der Waals surface area contributed by atoms with Crippen LogP contribution in [0.15, 0.2) is 24.4 Å². The van der Waals surface area contributed by atoms with Crippen LogP contribution in [0, 0.1) is 6.20 Å². The van der Waals surface area contributed by atoms with Crippen LogP contribution in [0.25, 0.3) is 5.57 Å². The molecule has 2 rings (SSSR count). The molecule has 1 aliphatic rings. The fourth-order valence-corrected chi connectivity index (χ4v) is 1.60. The number of aromatic nitrogens is 1. The summed E-state index contributed by atoms with van der Waals surface area (Å²) < 4.78 is 0. The Morgan fingerprint density at radius 2 is 2.46 bits per heavy atom. The van der Waals surface area contributed by atoms with E-state index in [0.29, 0.717) is 6.04 Å². The Labute approximate surface area is 78.5 Å². The first kappa shape index (κ1) is 8.45. The molecule has 1 aromatic heterocycles. The minimum Gasteiger partial charge on any atom is -0.327 e. The molecule has 1 unspecified atom stereocenters. The van der Waals surface area contributed by atoms with Gasteiger partial charge < -0.3 is 5.73 Å². The number of nitrogens with two attached hydrogens (primary N) is 1. The van der Waals surface area contributed by atoms with Crippen LogP contribution in [0.5, 0.6) is 0 Å². The van der Waals surface area contributed by atoms with Gasteiger partial charge in [0.1, 0.15) is 0 Å². The van der Waals surface area contributed by atoms with Gasteiger partial charge in [-0.25, -0.2) is 0 Å². The van der Waals surface area contributed by atoms with Crippen molar-refractivity contribution in [1.82, 2.24) is 4.98 Å². The van der Waals surface area contributed by atoms with Crippen molar-refractivity contribution < 1.29 is 0 Å². The van der Waals surface area contributed by atoms with E-state index in [4.69, 9.17) is 5.73 Å². The van der Waals surface area contributed by atoms with Gasteiger partial charge in [-0.1, -0.05) is 12.1 Å². The standard InChI is InChI=1S/C11H13N2/c12-11-5-3-9(4-6-11)10-2-1-7-13-8-10/h1-3,7,11H,4-6,12H2. The third-order valence-electron chi connectivity index (χ3n) is 2.41. The molecule has 0 fully saturated rings. The van der Waals surface area contributed by atoms with E-state index in [1.54, 1.807) is 6.20 Å². The van der Waals surface area contributed by atoms with Crippen LogP contribution >= 0.6 is 0 Å². The summed E-state index contributed by atoms with van der Waals surface area (Å²) in [6, 6.07) is 4.34. The molecule has 2 heteroatoms. The largest absolute Gasteiger partial charge is 0.327 e. The van der Waals surface area contributed by atoms with Gasteiger partial charge in [-0.2, -0.15) is 0 Å². The molecule has 0 saturated carbocycles. The van der Waals surface area contributed by atoms with E-state index in [0.717, 1.165) is 24.8 Å². The lowest BCUT2D eigenvalue weighted by molar-refractivity contribution is 0.614. The lowest BCUT2D eigenvalue weighted by Gasteiger charge is -2.17. The fourth-order valence-electron chi connectivity index (χ4n) is 1.60. The molecular weight excluding hydrogens is 160 g/mol. The van der Waals surface area contributed by atoms with Gasteiger partial charge in [-0.3, -0.25) is 4.98 Å². The van der Waals surface area contributed by atoms with Crippen LogP contribution < -0.4 is 5.73 Å². The molecule has 0 bridgehead atoms. The molecule has 2 nitrogen and oxygen atoms in total.